The van der Waals surface area contributed by atoms with E-state index in [9.17, 15) is 0 Å². The molecule has 1 N–H and O–H groups in total. The predicted octanol–water partition coefficient (Wildman–Crippen LogP) is 4.76. The van der Waals surface area contributed by atoms with Crippen LogP contribution in [0.5, 0.6) is 0 Å². The molecule has 0 aliphatic carbocycles. The van der Waals surface area contributed by atoms with Gasteiger partial charge in [-0.25, -0.2) is 4.98 Å². The SMILES string of the molecule is CCNC(C)c1csc(CSc2cccc(Cl)c2)n1. The lowest BCUT2D eigenvalue weighted by Crippen LogP contribution is -2.17. The molecule has 0 aliphatic heterocycles. The van der Waals surface area contributed by atoms with Crippen molar-refractivity contribution in [1.82, 2.24) is 10.3 Å². The lowest BCUT2D eigenvalue weighted by molar-refractivity contribution is 0.585. The average molecular weight is 313 g/mol. The van der Waals surface area contributed by atoms with E-state index in [1.165, 1.54) is 4.90 Å². The number of rotatable bonds is 6. The van der Waals surface area contributed by atoms with E-state index >= 15 is 0 Å². The van der Waals surface area contributed by atoms with Crippen molar-refractivity contribution in [3.8, 4) is 0 Å². The van der Waals surface area contributed by atoms with E-state index in [1.807, 2.05) is 18.2 Å². The van der Waals surface area contributed by atoms with Crippen LogP contribution in [-0.4, -0.2) is 11.5 Å². The monoisotopic (exact) mass is 312 g/mol. The molecule has 1 aromatic heterocycles. The Morgan fingerprint density at radius 3 is 3.05 bits per heavy atom. The molecule has 2 rings (SSSR count). The first-order valence-electron chi connectivity index (χ1n) is 6.25. The van der Waals surface area contributed by atoms with E-state index in [-0.39, 0.29) is 0 Å². The minimum atomic E-state index is 0.325. The third-order valence-electron chi connectivity index (χ3n) is 2.68. The van der Waals surface area contributed by atoms with E-state index in [0.29, 0.717) is 6.04 Å². The van der Waals surface area contributed by atoms with Gasteiger partial charge in [0.25, 0.3) is 0 Å². The number of hydrogen-bond donors (Lipinski definition) is 1. The summed E-state index contributed by atoms with van der Waals surface area (Å²) in [6, 6.07) is 8.26. The second-order valence-corrected chi connectivity index (χ2v) is 6.62. The number of halogens is 1. The highest BCUT2D eigenvalue weighted by atomic mass is 35.5. The molecular formula is C14H17ClN2S2. The van der Waals surface area contributed by atoms with E-state index in [4.69, 9.17) is 11.6 Å². The highest BCUT2D eigenvalue weighted by molar-refractivity contribution is 7.98. The lowest BCUT2D eigenvalue weighted by Gasteiger charge is -2.08. The van der Waals surface area contributed by atoms with Crippen LogP contribution in [0.15, 0.2) is 34.5 Å². The van der Waals surface area contributed by atoms with E-state index in [2.05, 4.69) is 35.6 Å². The van der Waals surface area contributed by atoms with Crippen molar-refractivity contribution in [2.24, 2.45) is 0 Å². The molecule has 2 aromatic rings. The minimum absolute atomic E-state index is 0.325. The zero-order valence-electron chi connectivity index (χ0n) is 11.0. The average Bonchev–Trinajstić information content (AvgIpc) is 2.86. The molecule has 1 heterocycles. The molecule has 19 heavy (non-hydrogen) atoms. The van der Waals surface area contributed by atoms with Gasteiger partial charge in [-0.3, -0.25) is 0 Å². The maximum absolute atomic E-state index is 5.97. The van der Waals surface area contributed by atoms with Crippen LogP contribution >= 0.6 is 34.7 Å². The van der Waals surface area contributed by atoms with Crippen LogP contribution in [0, 0.1) is 0 Å². The largest absolute Gasteiger partial charge is 0.309 e. The van der Waals surface area contributed by atoms with Crippen molar-refractivity contribution in [2.75, 3.05) is 6.54 Å². The van der Waals surface area contributed by atoms with Gasteiger partial charge >= 0.3 is 0 Å². The second kappa shape index (κ2) is 7.29. The number of thioether (sulfide) groups is 1. The molecular weight excluding hydrogens is 296 g/mol. The topological polar surface area (TPSA) is 24.9 Å². The Labute approximate surface area is 127 Å². The molecule has 0 aliphatic rings. The Bertz CT molecular complexity index is 528. The molecule has 0 saturated heterocycles. The number of thiazole rings is 1. The summed E-state index contributed by atoms with van der Waals surface area (Å²) in [5.74, 6) is 0.893. The summed E-state index contributed by atoms with van der Waals surface area (Å²) in [6.45, 7) is 5.22. The van der Waals surface area contributed by atoms with Gasteiger partial charge in [-0.05, 0) is 31.7 Å². The number of nitrogens with zero attached hydrogens (tertiary/aromatic N) is 1. The molecule has 0 fully saturated rings. The van der Waals surface area contributed by atoms with Gasteiger partial charge in [0, 0.05) is 21.3 Å². The molecule has 0 bridgehead atoms. The Balaban J connectivity index is 1.93. The number of benzene rings is 1. The maximum atomic E-state index is 5.97. The van der Waals surface area contributed by atoms with Crippen LogP contribution in [0.3, 0.4) is 0 Å². The van der Waals surface area contributed by atoms with E-state index in [1.54, 1.807) is 23.1 Å². The van der Waals surface area contributed by atoms with Gasteiger partial charge < -0.3 is 5.32 Å². The standard InChI is InChI=1S/C14H17ClN2S2/c1-3-16-10(2)13-8-19-14(17-13)9-18-12-6-4-5-11(15)7-12/h4-8,10,16H,3,9H2,1-2H3. The van der Waals surface area contributed by atoms with Crippen LogP contribution in [0.25, 0.3) is 0 Å². The Morgan fingerprint density at radius 2 is 2.32 bits per heavy atom. The molecule has 0 saturated carbocycles. The molecule has 2 nitrogen and oxygen atoms in total. The summed E-state index contributed by atoms with van der Waals surface area (Å²) in [5, 5.41) is 7.46. The van der Waals surface area contributed by atoms with E-state index in [0.717, 1.165) is 28.0 Å². The van der Waals surface area contributed by atoms with Gasteiger partial charge in [-0.2, -0.15) is 0 Å². The van der Waals surface area contributed by atoms with E-state index < -0.39 is 0 Å². The molecule has 5 heteroatoms. The number of aromatic nitrogens is 1. The summed E-state index contributed by atoms with van der Waals surface area (Å²) in [5.41, 5.74) is 1.13. The van der Waals surface area contributed by atoms with Crippen molar-refractivity contribution in [1.29, 1.82) is 0 Å². The predicted molar refractivity (Wildman–Crippen MR) is 85.2 cm³/mol. The number of hydrogen-bond acceptors (Lipinski definition) is 4. The molecule has 0 radical (unpaired) electrons. The van der Waals surface area contributed by atoms with Gasteiger partial charge in [-0.15, -0.1) is 23.1 Å². The summed E-state index contributed by atoms with van der Waals surface area (Å²) >= 11 is 9.46. The Hall–Kier alpha value is -0.550. The minimum Gasteiger partial charge on any atom is -0.309 e. The summed E-state index contributed by atoms with van der Waals surface area (Å²) in [6.07, 6.45) is 0. The first kappa shape index (κ1) is 14.9. The van der Waals surface area contributed by atoms with Crippen molar-refractivity contribution >= 4 is 34.7 Å². The maximum Gasteiger partial charge on any atom is 0.103 e. The highest BCUT2D eigenvalue weighted by Crippen LogP contribution is 2.27. The quantitative estimate of drug-likeness (QED) is 0.778. The van der Waals surface area contributed by atoms with Gasteiger partial charge in [0.1, 0.15) is 5.01 Å². The third-order valence-corrected chi connectivity index (χ3v) is 4.97. The van der Waals surface area contributed by atoms with Crippen molar-refractivity contribution < 1.29 is 0 Å². The molecule has 1 atom stereocenters. The Kier molecular flexibility index (Phi) is 5.70. The zero-order valence-corrected chi connectivity index (χ0v) is 13.4. The fourth-order valence-electron chi connectivity index (χ4n) is 1.70. The van der Waals surface area contributed by atoms with Crippen molar-refractivity contribution in [3.05, 3.63) is 45.4 Å². The number of nitrogens with one attached hydrogen (secondary N) is 1. The second-order valence-electron chi connectivity index (χ2n) is 4.19. The van der Waals surface area contributed by atoms with Crippen LogP contribution in [0.2, 0.25) is 5.02 Å². The first-order valence-corrected chi connectivity index (χ1v) is 8.49. The molecule has 0 spiro atoms. The first-order chi connectivity index (χ1) is 9.19. The smallest absolute Gasteiger partial charge is 0.103 e. The molecule has 0 amide bonds. The van der Waals surface area contributed by atoms with Gasteiger partial charge in [0.2, 0.25) is 0 Å². The fraction of sp³-hybridized carbons (Fsp3) is 0.357. The molecule has 1 unspecified atom stereocenters. The summed E-state index contributed by atoms with van der Waals surface area (Å²) in [7, 11) is 0. The normalized spacial score (nSPS) is 12.6. The zero-order chi connectivity index (χ0) is 13.7. The van der Waals surface area contributed by atoms with Gasteiger partial charge in [0.05, 0.1) is 11.4 Å². The van der Waals surface area contributed by atoms with Crippen LogP contribution in [0.1, 0.15) is 30.6 Å². The van der Waals surface area contributed by atoms with Crippen molar-refractivity contribution in [3.63, 3.8) is 0 Å². The Morgan fingerprint density at radius 1 is 1.47 bits per heavy atom. The molecule has 102 valence electrons. The molecule has 1 aromatic carbocycles. The van der Waals surface area contributed by atoms with Crippen LogP contribution in [0.4, 0.5) is 0 Å². The summed E-state index contributed by atoms with van der Waals surface area (Å²) in [4.78, 5) is 5.85. The summed E-state index contributed by atoms with van der Waals surface area (Å²) < 4.78 is 0. The van der Waals surface area contributed by atoms with Gasteiger partial charge in [0.15, 0.2) is 0 Å². The van der Waals surface area contributed by atoms with Crippen LogP contribution in [-0.2, 0) is 5.75 Å². The van der Waals surface area contributed by atoms with Gasteiger partial charge in [-0.1, -0.05) is 24.6 Å². The van der Waals surface area contributed by atoms with Crippen molar-refractivity contribution in [2.45, 2.75) is 30.5 Å². The highest BCUT2D eigenvalue weighted by Gasteiger charge is 2.09. The fourth-order valence-corrected chi connectivity index (χ4v) is 3.82. The van der Waals surface area contributed by atoms with Crippen LogP contribution < -0.4 is 5.32 Å². The lowest BCUT2D eigenvalue weighted by atomic mass is 10.2. The third kappa shape index (κ3) is 4.49.